The molecule has 1 aromatic heterocycles. The molecule has 0 aliphatic rings. The number of amides is 1. The molecule has 2 rings (SSSR count). The maximum atomic E-state index is 11.7. The lowest BCUT2D eigenvalue weighted by molar-refractivity contribution is -0.132. The minimum absolute atomic E-state index is 0.145. The first-order chi connectivity index (χ1) is 16.7. The molecule has 0 spiro atoms. The highest BCUT2D eigenvalue weighted by molar-refractivity contribution is 5.94. The second-order valence-corrected chi connectivity index (χ2v) is 7.41. The molecule has 0 radical (unpaired) electrons. The SMILES string of the molecule is CCCCN.NCC(=O)Oc1ccccc1N.NCCCCC(N)C(=O)Nc1ccc(N)c(N)n1. The quantitative estimate of drug-likeness (QED) is 0.0983. The number of nitrogen functional groups attached to an aromatic ring is 3. The van der Waals surface area contributed by atoms with Crippen molar-refractivity contribution < 1.29 is 14.3 Å². The predicted octanol–water partition coefficient (Wildman–Crippen LogP) is 0.519. The number of pyridine rings is 1. The molecule has 1 aromatic carbocycles. The molecule has 2 aromatic rings. The molecule has 15 N–H and O–H groups in total. The second kappa shape index (κ2) is 18.9. The van der Waals surface area contributed by atoms with Gasteiger partial charge in [0, 0.05) is 0 Å². The van der Waals surface area contributed by atoms with E-state index < -0.39 is 12.0 Å². The summed E-state index contributed by atoms with van der Waals surface area (Å²) in [5, 5.41) is 2.59. The molecule has 0 bridgehead atoms. The van der Waals surface area contributed by atoms with Gasteiger partial charge in [0.15, 0.2) is 5.75 Å². The summed E-state index contributed by atoms with van der Waals surface area (Å²) >= 11 is 0. The minimum atomic E-state index is -0.572. The molecular formula is C23H41N9O3. The topological polar surface area (TPSA) is 250 Å². The average Bonchev–Trinajstić information content (AvgIpc) is 2.84. The normalized spacial score (nSPS) is 10.7. The summed E-state index contributed by atoms with van der Waals surface area (Å²) in [4.78, 5) is 26.4. The van der Waals surface area contributed by atoms with Crippen LogP contribution in [0.2, 0.25) is 0 Å². The van der Waals surface area contributed by atoms with Crippen molar-refractivity contribution in [2.45, 2.75) is 45.1 Å². The van der Waals surface area contributed by atoms with Crippen molar-refractivity contribution in [1.82, 2.24) is 4.98 Å². The first-order valence-corrected chi connectivity index (χ1v) is 11.4. The van der Waals surface area contributed by atoms with E-state index in [1.165, 1.54) is 12.8 Å². The third-order valence-electron chi connectivity index (χ3n) is 4.38. The Kier molecular flexibility index (Phi) is 17.1. The molecule has 1 unspecified atom stereocenters. The molecule has 0 aliphatic carbocycles. The number of esters is 1. The van der Waals surface area contributed by atoms with Crippen molar-refractivity contribution in [2.75, 3.05) is 42.2 Å². The van der Waals surface area contributed by atoms with Gasteiger partial charge in [-0.05, 0) is 56.6 Å². The number of hydrogen-bond donors (Lipinski definition) is 8. The van der Waals surface area contributed by atoms with Crippen LogP contribution in [0.3, 0.4) is 0 Å². The van der Waals surface area contributed by atoms with Gasteiger partial charge in [-0.1, -0.05) is 31.9 Å². The number of nitrogens with zero attached hydrogens (tertiary/aromatic N) is 1. The van der Waals surface area contributed by atoms with Crippen molar-refractivity contribution in [1.29, 1.82) is 0 Å². The summed E-state index contributed by atoms with van der Waals surface area (Å²) in [6, 6.07) is 9.35. The summed E-state index contributed by atoms with van der Waals surface area (Å²) < 4.78 is 4.81. The standard InChI is InChI=1S/C11H20N6O.C8H10N2O2.C4H11N/c12-6-2-1-3-8(14)11(18)17-9-5-4-7(13)10(15)16-9;9-5-8(11)12-7-4-2-1-3-6(7)10;1-2-3-4-5/h4-5,8H,1-3,6,12-14H2,(H3,15,16,17,18);1-4H,5,9-10H2;2-5H2,1H3. The van der Waals surface area contributed by atoms with Gasteiger partial charge < -0.3 is 50.2 Å². The number of anilines is 4. The van der Waals surface area contributed by atoms with E-state index in [-0.39, 0.29) is 18.3 Å². The largest absolute Gasteiger partial charge is 0.423 e. The maximum absolute atomic E-state index is 11.7. The Morgan fingerprint density at radius 3 is 2.11 bits per heavy atom. The van der Waals surface area contributed by atoms with Gasteiger partial charge in [-0.2, -0.15) is 0 Å². The fourth-order valence-corrected chi connectivity index (χ4v) is 2.36. The average molecular weight is 492 g/mol. The number of carbonyl (C=O) groups is 2. The van der Waals surface area contributed by atoms with Crippen LogP contribution >= 0.6 is 0 Å². The molecule has 1 atom stereocenters. The van der Waals surface area contributed by atoms with E-state index in [2.05, 4.69) is 17.2 Å². The second-order valence-electron chi connectivity index (χ2n) is 7.41. The van der Waals surface area contributed by atoms with Crippen LogP contribution in [0.5, 0.6) is 5.75 Å². The number of carbonyl (C=O) groups excluding carboxylic acids is 2. The summed E-state index contributed by atoms with van der Waals surface area (Å²) in [6.45, 7) is 3.43. The maximum Gasteiger partial charge on any atom is 0.325 e. The van der Waals surface area contributed by atoms with Crippen LogP contribution in [0, 0.1) is 0 Å². The van der Waals surface area contributed by atoms with Crippen molar-refractivity contribution >= 4 is 34.9 Å². The van der Waals surface area contributed by atoms with Crippen LogP contribution in [0.1, 0.15) is 39.0 Å². The number of aromatic nitrogens is 1. The third-order valence-corrected chi connectivity index (χ3v) is 4.38. The van der Waals surface area contributed by atoms with Gasteiger partial charge in [-0.25, -0.2) is 4.98 Å². The molecule has 0 fully saturated rings. The van der Waals surface area contributed by atoms with E-state index in [0.29, 0.717) is 35.9 Å². The highest BCUT2D eigenvalue weighted by Crippen LogP contribution is 2.19. The summed E-state index contributed by atoms with van der Waals surface area (Å²) in [5.41, 5.74) is 38.7. The van der Waals surface area contributed by atoms with Gasteiger partial charge in [-0.15, -0.1) is 0 Å². The fourth-order valence-electron chi connectivity index (χ4n) is 2.36. The zero-order valence-corrected chi connectivity index (χ0v) is 20.4. The third kappa shape index (κ3) is 14.4. The number of nitrogens with one attached hydrogen (secondary N) is 1. The van der Waals surface area contributed by atoms with E-state index in [9.17, 15) is 9.59 Å². The van der Waals surface area contributed by atoms with Crippen molar-refractivity contribution in [3.8, 4) is 5.75 Å². The van der Waals surface area contributed by atoms with Gasteiger partial charge in [-0.3, -0.25) is 9.59 Å². The van der Waals surface area contributed by atoms with Crippen LogP contribution in [0.15, 0.2) is 36.4 Å². The van der Waals surface area contributed by atoms with Crippen LogP contribution < -0.4 is 50.2 Å². The van der Waals surface area contributed by atoms with Crippen LogP contribution in [0.4, 0.5) is 23.0 Å². The van der Waals surface area contributed by atoms with E-state index in [1.54, 1.807) is 36.4 Å². The van der Waals surface area contributed by atoms with Gasteiger partial charge in [0.1, 0.15) is 11.6 Å². The lowest BCUT2D eigenvalue weighted by Crippen LogP contribution is -2.35. The van der Waals surface area contributed by atoms with E-state index in [4.69, 9.17) is 44.9 Å². The Balaban J connectivity index is 0.000000583. The Labute approximate surface area is 206 Å². The molecule has 12 heteroatoms. The zero-order chi connectivity index (χ0) is 26.6. The van der Waals surface area contributed by atoms with Crippen LogP contribution in [0.25, 0.3) is 0 Å². The Hall–Kier alpha value is -3.45. The molecule has 1 heterocycles. The number of nitrogens with two attached hydrogens (primary N) is 7. The molecule has 0 saturated carbocycles. The van der Waals surface area contributed by atoms with Gasteiger partial charge in [0.25, 0.3) is 0 Å². The Morgan fingerprint density at radius 1 is 0.943 bits per heavy atom. The number of benzene rings is 1. The number of ether oxygens (including phenoxy) is 1. The van der Waals surface area contributed by atoms with Gasteiger partial charge >= 0.3 is 5.97 Å². The van der Waals surface area contributed by atoms with Crippen molar-refractivity contribution in [3.63, 3.8) is 0 Å². The predicted molar refractivity (Wildman–Crippen MR) is 142 cm³/mol. The lowest BCUT2D eigenvalue weighted by Gasteiger charge is -2.12. The smallest absolute Gasteiger partial charge is 0.325 e. The molecule has 0 aliphatic heterocycles. The first-order valence-electron chi connectivity index (χ1n) is 11.4. The Bertz CT molecular complexity index is 879. The number of hydrogen-bond acceptors (Lipinski definition) is 11. The molecule has 196 valence electrons. The number of para-hydroxylation sites is 2. The zero-order valence-electron chi connectivity index (χ0n) is 20.4. The van der Waals surface area contributed by atoms with Crippen molar-refractivity contribution in [3.05, 3.63) is 36.4 Å². The van der Waals surface area contributed by atoms with Crippen LogP contribution in [-0.2, 0) is 9.59 Å². The molecule has 35 heavy (non-hydrogen) atoms. The lowest BCUT2D eigenvalue weighted by atomic mass is 10.1. The summed E-state index contributed by atoms with van der Waals surface area (Å²) in [6.07, 6.45) is 4.65. The molecule has 0 saturated heterocycles. The summed E-state index contributed by atoms with van der Waals surface area (Å²) in [7, 11) is 0. The molecule has 12 nitrogen and oxygen atoms in total. The first kappa shape index (κ1) is 31.6. The highest BCUT2D eigenvalue weighted by Gasteiger charge is 2.13. The highest BCUT2D eigenvalue weighted by atomic mass is 16.5. The van der Waals surface area contributed by atoms with Gasteiger partial charge in [0.2, 0.25) is 5.91 Å². The molecule has 1 amide bonds. The monoisotopic (exact) mass is 491 g/mol. The van der Waals surface area contributed by atoms with E-state index in [0.717, 1.165) is 19.4 Å². The van der Waals surface area contributed by atoms with E-state index >= 15 is 0 Å². The number of rotatable bonds is 10. The van der Waals surface area contributed by atoms with E-state index in [1.807, 2.05) is 0 Å². The fraction of sp³-hybridized carbons (Fsp3) is 0.435. The summed E-state index contributed by atoms with van der Waals surface area (Å²) in [5.74, 6) is 0.107. The Morgan fingerprint density at radius 2 is 1.60 bits per heavy atom. The minimum Gasteiger partial charge on any atom is -0.423 e. The van der Waals surface area contributed by atoms with Crippen molar-refractivity contribution in [2.24, 2.45) is 22.9 Å². The van der Waals surface area contributed by atoms with Crippen LogP contribution in [-0.4, -0.2) is 42.5 Å². The van der Waals surface area contributed by atoms with Gasteiger partial charge in [0.05, 0.1) is 24.0 Å². The number of unbranched alkanes of at least 4 members (excludes halogenated alkanes) is 2. The molecular weight excluding hydrogens is 450 g/mol.